The Morgan fingerprint density at radius 3 is 2.59 bits per heavy atom. The number of hydrogen-bond donors (Lipinski definition) is 4. The summed E-state index contributed by atoms with van der Waals surface area (Å²) in [5, 5.41) is 11.5. The van der Waals surface area contributed by atoms with Gasteiger partial charge in [0.05, 0.1) is 0 Å². The van der Waals surface area contributed by atoms with Crippen LogP contribution in [-0.4, -0.2) is 52.2 Å². The first-order valence-corrected chi connectivity index (χ1v) is 14.7. The molecule has 4 N–H and O–H groups in total. The lowest BCUT2D eigenvalue weighted by molar-refractivity contribution is -0.130. The molecule has 2 aromatic carbocycles. The molecule has 12 nitrogen and oxygen atoms in total. The van der Waals surface area contributed by atoms with Crippen molar-refractivity contribution in [2.75, 3.05) is 6.54 Å². The molecule has 3 atom stereocenters. The van der Waals surface area contributed by atoms with Crippen LogP contribution in [0, 0.1) is 12.8 Å². The molecular formula is C32H36N6O6. The summed E-state index contributed by atoms with van der Waals surface area (Å²) < 4.78 is 11.2. The average Bonchev–Trinajstić information content (AvgIpc) is 3.64. The summed E-state index contributed by atoms with van der Waals surface area (Å²) in [4.78, 5) is 62.1. The predicted molar refractivity (Wildman–Crippen MR) is 160 cm³/mol. The van der Waals surface area contributed by atoms with Crippen LogP contribution in [0.4, 0.5) is 0 Å². The van der Waals surface area contributed by atoms with Gasteiger partial charge in [-0.2, -0.15) is 0 Å². The maximum Gasteiger partial charge on any atom is 0.273 e. The number of rotatable bonds is 5. The predicted octanol–water partition coefficient (Wildman–Crippen LogP) is 3.38. The number of benzene rings is 2. The van der Waals surface area contributed by atoms with E-state index in [0.717, 1.165) is 5.56 Å². The van der Waals surface area contributed by atoms with Crippen LogP contribution in [0.5, 0.6) is 0 Å². The number of carbonyl (C=O) groups excluding carboxylic acids is 4. The maximum absolute atomic E-state index is 13.8. The monoisotopic (exact) mass is 600 g/mol. The minimum Gasteiger partial charge on any atom is -0.446 e. The van der Waals surface area contributed by atoms with E-state index in [1.165, 1.54) is 6.26 Å². The number of hydrogen-bond acceptors (Lipinski definition) is 8. The summed E-state index contributed by atoms with van der Waals surface area (Å²) in [5.74, 6) is -1.28. The molecule has 1 aliphatic rings. The van der Waals surface area contributed by atoms with Crippen LogP contribution in [0.3, 0.4) is 0 Å². The summed E-state index contributed by atoms with van der Waals surface area (Å²) in [6.45, 7) is 5.84. The molecule has 230 valence electrons. The van der Waals surface area contributed by atoms with Gasteiger partial charge in [-0.3, -0.25) is 19.2 Å². The number of aromatic nitrogens is 2. The quantitative estimate of drug-likeness (QED) is 0.270. The Labute approximate surface area is 254 Å². The van der Waals surface area contributed by atoms with Crippen molar-refractivity contribution in [3.8, 4) is 0 Å². The van der Waals surface area contributed by atoms with Gasteiger partial charge in [-0.1, -0.05) is 44.2 Å². The zero-order chi connectivity index (χ0) is 31.2. The van der Waals surface area contributed by atoms with Gasteiger partial charge in [0, 0.05) is 25.5 Å². The van der Waals surface area contributed by atoms with Crippen LogP contribution in [-0.2, 0) is 16.0 Å². The van der Waals surface area contributed by atoms with Gasteiger partial charge in [0.25, 0.3) is 11.8 Å². The fourth-order valence-electron chi connectivity index (χ4n) is 5.09. The van der Waals surface area contributed by atoms with Gasteiger partial charge in [-0.25, -0.2) is 9.97 Å². The van der Waals surface area contributed by atoms with E-state index in [2.05, 4.69) is 31.2 Å². The van der Waals surface area contributed by atoms with Gasteiger partial charge in [0.1, 0.15) is 29.9 Å². The molecule has 0 saturated heterocycles. The van der Waals surface area contributed by atoms with Crippen molar-refractivity contribution >= 4 is 34.7 Å². The van der Waals surface area contributed by atoms with E-state index in [1.54, 1.807) is 25.1 Å². The lowest BCUT2D eigenvalue weighted by atomic mass is 10.0. The first-order valence-electron chi connectivity index (χ1n) is 14.7. The van der Waals surface area contributed by atoms with E-state index in [-0.39, 0.29) is 30.3 Å². The van der Waals surface area contributed by atoms with E-state index in [1.807, 2.05) is 44.2 Å². The van der Waals surface area contributed by atoms with E-state index in [4.69, 9.17) is 8.83 Å². The van der Waals surface area contributed by atoms with Crippen molar-refractivity contribution in [1.29, 1.82) is 0 Å². The third kappa shape index (κ3) is 7.31. The number of carbonyl (C=O) groups is 4. The normalized spacial score (nSPS) is 20.2. The van der Waals surface area contributed by atoms with Crippen molar-refractivity contribution < 1.29 is 28.0 Å². The van der Waals surface area contributed by atoms with Crippen molar-refractivity contribution in [1.82, 2.24) is 31.2 Å². The molecule has 44 heavy (non-hydrogen) atoms. The Morgan fingerprint density at radius 2 is 1.82 bits per heavy atom. The van der Waals surface area contributed by atoms with Gasteiger partial charge in [0.2, 0.25) is 17.7 Å². The number of nitrogens with zero attached hydrogens (tertiary/aromatic N) is 2. The molecular weight excluding hydrogens is 564 g/mol. The summed E-state index contributed by atoms with van der Waals surface area (Å²) in [5.41, 5.74) is 2.35. The van der Waals surface area contributed by atoms with Crippen LogP contribution < -0.4 is 21.3 Å². The number of amides is 4. The highest BCUT2D eigenvalue weighted by molar-refractivity contribution is 6.00. The average molecular weight is 601 g/mol. The largest absolute Gasteiger partial charge is 0.446 e. The van der Waals surface area contributed by atoms with Crippen LogP contribution in [0.1, 0.15) is 77.3 Å². The Hall–Kier alpha value is -5.00. The zero-order valence-corrected chi connectivity index (χ0v) is 24.9. The smallest absolute Gasteiger partial charge is 0.273 e. The Balaban J connectivity index is 1.42. The van der Waals surface area contributed by atoms with Crippen molar-refractivity contribution in [3.05, 3.63) is 83.4 Å². The second-order valence-electron chi connectivity index (χ2n) is 11.2. The first kappa shape index (κ1) is 30.5. The lowest BCUT2D eigenvalue weighted by Crippen LogP contribution is -2.55. The SMILES string of the molecule is Cc1nc2ccc(C(=O)N[C@H]3CCCCNC(=O)c4coc(n4)[C@H](C(C)C)NC(=O)[C@H](Cc4ccccc4)NC3=O)cc2o1. The highest BCUT2D eigenvalue weighted by atomic mass is 16.3. The van der Waals surface area contributed by atoms with E-state index in [0.29, 0.717) is 41.9 Å². The Kier molecular flexibility index (Phi) is 9.37. The van der Waals surface area contributed by atoms with Gasteiger partial charge < -0.3 is 30.1 Å². The summed E-state index contributed by atoms with van der Waals surface area (Å²) in [6, 6.07) is 11.6. The van der Waals surface area contributed by atoms with Crippen LogP contribution >= 0.6 is 0 Å². The van der Waals surface area contributed by atoms with Crippen molar-refractivity contribution in [2.24, 2.45) is 5.92 Å². The summed E-state index contributed by atoms with van der Waals surface area (Å²) >= 11 is 0. The van der Waals surface area contributed by atoms with Gasteiger partial charge in [-0.15, -0.1) is 0 Å². The standard InChI is InChI=1S/C32H36N6O6/c1-18(2)27-32-37-25(17-43-32)29(40)33-14-8-7-11-23(35-28(39)21-12-13-22-26(16-21)44-19(3)34-22)30(41)36-24(31(42)38-27)15-20-9-5-4-6-10-20/h4-6,9-10,12-13,16-18,23-24,27H,7-8,11,14-15H2,1-3H3,(H,33,40)(H,35,39)(H,36,41)(H,38,42)/t23-,24-,27-/m0/s1. The number of fused-ring (bicyclic) bond motifs is 3. The lowest BCUT2D eigenvalue weighted by Gasteiger charge is -2.26. The molecule has 4 aromatic rings. The maximum atomic E-state index is 13.8. The molecule has 0 spiro atoms. The molecule has 1 aliphatic heterocycles. The second kappa shape index (κ2) is 13.5. The molecule has 2 bridgehead atoms. The third-order valence-electron chi connectivity index (χ3n) is 7.49. The molecule has 0 saturated carbocycles. The molecule has 0 radical (unpaired) electrons. The molecule has 0 unspecified atom stereocenters. The topological polar surface area (TPSA) is 168 Å². The second-order valence-corrected chi connectivity index (χ2v) is 11.2. The number of nitrogens with one attached hydrogen (secondary N) is 4. The molecule has 3 heterocycles. The molecule has 0 aliphatic carbocycles. The molecule has 4 amide bonds. The minimum absolute atomic E-state index is 0.116. The van der Waals surface area contributed by atoms with Gasteiger partial charge >= 0.3 is 0 Å². The number of aryl methyl sites for hydroxylation is 1. The first-order chi connectivity index (χ1) is 21.2. The Bertz CT molecular complexity index is 1650. The van der Waals surface area contributed by atoms with E-state index < -0.39 is 41.8 Å². The van der Waals surface area contributed by atoms with Crippen LogP contribution in [0.15, 0.2) is 63.6 Å². The summed E-state index contributed by atoms with van der Waals surface area (Å²) in [7, 11) is 0. The van der Waals surface area contributed by atoms with Crippen LogP contribution in [0.25, 0.3) is 11.1 Å². The van der Waals surface area contributed by atoms with Crippen LogP contribution in [0.2, 0.25) is 0 Å². The number of oxazole rings is 2. The molecule has 0 fully saturated rings. The fourth-order valence-corrected chi connectivity index (χ4v) is 5.09. The molecule has 2 aromatic heterocycles. The van der Waals surface area contributed by atoms with E-state index >= 15 is 0 Å². The summed E-state index contributed by atoms with van der Waals surface area (Å²) in [6.07, 6.45) is 2.82. The fraction of sp³-hybridized carbons (Fsp3) is 0.375. The minimum atomic E-state index is -0.968. The van der Waals surface area contributed by atoms with Crippen molar-refractivity contribution in [2.45, 2.75) is 64.6 Å². The van der Waals surface area contributed by atoms with Gasteiger partial charge in [-0.05, 0) is 48.9 Å². The third-order valence-corrected chi connectivity index (χ3v) is 7.49. The zero-order valence-electron chi connectivity index (χ0n) is 24.9. The molecule has 12 heteroatoms. The molecule has 5 rings (SSSR count). The highest BCUT2D eigenvalue weighted by Gasteiger charge is 2.31. The van der Waals surface area contributed by atoms with E-state index in [9.17, 15) is 19.2 Å². The highest BCUT2D eigenvalue weighted by Crippen LogP contribution is 2.22. The Morgan fingerprint density at radius 1 is 1.02 bits per heavy atom. The van der Waals surface area contributed by atoms with Crippen molar-refractivity contribution in [3.63, 3.8) is 0 Å². The van der Waals surface area contributed by atoms with Gasteiger partial charge in [0.15, 0.2) is 17.2 Å².